The van der Waals surface area contributed by atoms with Gasteiger partial charge >= 0.3 is 0 Å². The second-order valence-electron chi connectivity index (χ2n) is 8.04. The number of amides is 1. The molecule has 4 aromatic rings. The Balaban J connectivity index is 1.56. The molecular weight excluding hydrogens is 446 g/mol. The Labute approximate surface area is 203 Å². The lowest BCUT2D eigenvalue weighted by Gasteiger charge is -2.18. The molecule has 0 unspecified atom stereocenters. The van der Waals surface area contributed by atoms with E-state index in [9.17, 15) is 4.79 Å². The summed E-state index contributed by atoms with van der Waals surface area (Å²) in [5, 5.41) is 9.54. The maximum absolute atomic E-state index is 12.9. The lowest BCUT2D eigenvalue weighted by molar-refractivity contribution is -0.127. The maximum Gasteiger partial charge on any atom is 0.233 e. The molecule has 0 saturated carbocycles. The van der Waals surface area contributed by atoms with Crippen LogP contribution in [0, 0.1) is 13.8 Å². The van der Waals surface area contributed by atoms with Crippen molar-refractivity contribution >= 4 is 17.7 Å². The summed E-state index contributed by atoms with van der Waals surface area (Å²) >= 11 is 1.38. The van der Waals surface area contributed by atoms with Gasteiger partial charge in [0, 0.05) is 31.5 Å². The average Bonchev–Trinajstić information content (AvgIpc) is 3.28. The van der Waals surface area contributed by atoms with Crippen LogP contribution in [0.3, 0.4) is 0 Å². The molecule has 0 spiro atoms. The van der Waals surface area contributed by atoms with Crippen molar-refractivity contribution in [3.05, 3.63) is 83.7 Å². The van der Waals surface area contributed by atoms with E-state index in [0.717, 1.165) is 22.6 Å². The Morgan fingerprint density at radius 3 is 2.56 bits per heavy atom. The molecule has 0 N–H and O–H groups in total. The molecule has 0 aliphatic carbocycles. The zero-order valence-corrected chi connectivity index (χ0v) is 20.5. The minimum atomic E-state index is 0.00733. The number of aromatic nitrogens is 4. The number of aryl methyl sites for hydroxylation is 2. The van der Waals surface area contributed by atoms with Gasteiger partial charge in [-0.15, -0.1) is 10.2 Å². The fourth-order valence-corrected chi connectivity index (χ4v) is 4.41. The molecule has 0 aliphatic heterocycles. The molecule has 0 fully saturated rings. The number of pyridine rings is 1. The molecule has 0 radical (unpaired) electrons. The van der Waals surface area contributed by atoms with Crippen molar-refractivity contribution in [1.82, 2.24) is 24.6 Å². The first-order valence-corrected chi connectivity index (χ1v) is 11.9. The van der Waals surface area contributed by atoms with E-state index in [-0.39, 0.29) is 11.7 Å². The summed E-state index contributed by atoms with van der Waals surface area (Å²) in [6.45, 7) is 4.67. The van der Waals surface area contributed by atoms with Crippen molar-refractivity contribution in [3.63, 3.8) is 0 Å². The number of methoxy groups -OCH3 is 1. The van der Waals surface area contributed by atoms with Crippen LogP contribution >= 0.6 is 11.8 Å². The zero-order chi connectivity index (χ0) is 24.1. The van der Waals surface area contributed by atoms with Crippen molar-refractivity contribution in [2.75, 3.05) is 19.9 Å². The summed E-state index contributed by atoms with van der Waals surface area (Å²) in [7, 11) is 3.44. The Morgan fingerprint density at radius 1 is 1.03 bits per heavy atom. The molecule has 8 heteroatoms. The molecule has 2 aromatic heterocycles. The molecule has 0 atom stereocenters. The zero-order valence-electron chi connectivity index (χ0n) is 19.7. The highest BCUT2D eigenvalue weighted by Crippen LogP contribution is 2.29. The van der Waals surface area contributed by atoms with Crippen LogP contribution in [0.5, 0.6) is 5.75 Å². The van der Waals surface area contributed by atoms with Crippen LogP contribution in [0.1, 0.15) is 16.7 Å². The molecule has 0 bridgehead atoms. The average molecular weight is 474 g/mol. The Kier molecular flexibility index (Phi) is 7.27. The van der Waals surface area contributed by atoms with Crippen LogP contribution in [-0.2, 0) is 11.3 Å². The highest BCUT2D eigenvalue weighted by Gasteiger charge is 2.19. The Hall–Kier alpha value is -3.65. The van der Waals surface area contributed by atoms with Gasteiger partial charge in [-0.05, 0) is 66.9 Å². The first kappa shape index (κ1) is 23.5. The first-order chi connectivity index (χ1) is 16.5. The minimum Gasteiger partial charge on any atom is -0.497 e. The number of nitrogens with zero attached hydrogens (tertiary/aromatic N) is 5. The molecule has 1 amide bonds. The molecule has 0 aliphatic rings. The summed E-state index contributed by atoms with van der Waals surface area (Å²) in [5.41, 5.74) is 5.27. The predicted octanol–water partition coefficient (Wildman–Crippen LogP) is 4.71. The van der Waals surface area contributed by atoms with Gasteiger partial charge in [0.05, 0.1) is 18.6 Å². The Bertz CT molecular complexity index is 1290. The monoisotopic (exact) mass is 473 g/mol. The minimum absolute atomic E-state index is 0.00733. The SMILES string of the molecule is COc1cccc(CN(C)C(=O)CSc2nnc(-c3ccncc3)n2-c2ccc(C)c(C)c2)c1. The van der Waals surface area contributed by atoms with Crippen LogP contribution < -0.4 is 4.74 Å². The number of hydrogen-bond acceptors (Lipinski definition) is 6. The third-order valence-corrected chi connectivity index (χ3v) is 6.54. The second kappa shape index (κ2) is 10.5. The summed E-state index contributed by atoms with van der Waals surface area (Å²) in [6, 6.07) is 17.8. The highest BCUT2D eigenvalue weighted by molar-refractivity contribution is 7.99. The lowest BCUT2D eigenvalue weighted by Crippen LogP contribution is -2.27. The van der Waals surface area contributed by atoms with E-state index in [1.165, 1.54) is 22.9 Å². The molecule has 34 heavy (non-hydrogen) atoms. The van der Waals surface area contributed by atoms with Gasteiger partial charge in [0.2, 0.25) is 5.91 Å². The van der Waals surface area contributed by atoms with Gasteiger partial charge < -0.3 is 9.64 Å². The normalized spacial score (nSPS) is 10.8. The molecule has 7 nitrogen and oxygen atoms in total. The van der Waals surface area contributed by atoms with E-state index in [4.69, 9.17) is 4.74 Å². The Morgan fingerprint density at radius 2 is 1.82 bits per heavy atom. The molecule has 4 rings (SSSR count). The van der Waals surface area contributed by atoms with E-state index in [1.54, 1.807) is 31.5 Å². The fraction of sp³-hybridized carbons (Fsp3) is 0.231. The van der Waals surface area contributed by atoms with Crippen molar-refractivity contribution in [2.24, 2.45) is 0 Å². The number of carbonyl (C=O) groups excluding carboxylic acids is 1. The largest absolute Gasteiger partial charge is 0.497 e. The van der Waals surface area contributed by atoms with Crippen molar-refractivity contribution in [2.45, 2.75) is 25.5 Å². The number of benzene rings is 2. The topological polar surface area (TPSA) is 73.1 Å². The van der Waals surface area contributed by atoms with Crippen LogP contribution in [0.25, 0.3) is 17.1 Å². The summed E-state index contributed by atoms with van der Waals surface area (Å²) in [6.07, 6.45) is 3.47. The van der Waals surface area contributed by atoms with Gasteiger partial charge in [-0.2, -0.15) is 0 Å². The van der Waals surface area contributed by atoms with Gasteiger partial charge in [-0.3, -0.25) is 14.3 Å². The van der Waals surface area contributed by atoms with E-state index >= 15 is 0 Å². The van der Waals surface area contributed by atoms with E-state index < -0.39 is 0 Å². The first-order valence-electron chi connectivity index (χ1n) is 10.9. The van der Waals surface area contributed by atoms with E-state index in [1.807, 2.05) is 41.0 Å². The number of hydrogen-bond donors (Lipinski definition) is 0. The standard InChI is InChI=1S/C26H27N5O2S/c1-18-8-9-22(14-19(18)2)31-25(21-10-12-27-13-11-21)28-29-26(31)34-17-24(32)30(3)16-20-6-5-7-23(15-20)33-4/h5-15H,16-17H2,1-4H3. The molecule has 174 valence electrons. The smallest absolute Gasteiger partial charge is 0.233 e. The number of thioether (sulfide) groups is 1. The molecule has 2 heterocycles. The number of ether oxygens (including phenoxy) is 1. The van der Waals surface area contributed by atoms with E-state index in [2.05, 4.69) is 47.2 Å². The van der Waals surface area contributed by atoms with Crippen LogP contribution in [0.2, 0.25) is 0 Å². The van der Waals surface area contributed by atoms with Gasteiger partial charge in [0.1, 0.15) is 5.75 Å². The maximum atomic E-state index is 12.9. The van der Waals surface area contributed by atoms with Crippen LogP contribution in [0.15, 0.2) is 72.1 Å². The molecular formula is C26H27N5O2S. The third kappa shape index (κ3) is 5.28. The van der Waals surface area contributed by atoms with Gasteiger partial charge in [-0.25, -0.2) is 0 Å². The van der Waals surface area contributed by atoms with Gasteiger partial charge in [0.15, 0.2) is 11.0 Å². The second-order valence-corrected chi connectivity index (χ2v) is 8.98. The summed E-state index contributed by atoms with van der Waals surface area (Å²) in [4.78, 5) is 18.7. The number of carbonyl (C=O) groups is 1. The van der Waals surface area contributed by atoms with Crippen LogP contribution in [-0.4, -0.2) is 50.5 Å². The van der Waals surface area contributed by atoms with Gasteiger partial charge in [0.25, 0.3) is 0 Å². The lowest BCUT2D eigenvalue weighted by atomic mass is 10.1. The highest BCUT2D eigenvalue weighted by atomic mass is 32.2. The van der Waals surface area contributed by atoms with E-state index in [0.29, 0.717) is 17.5 Å². The number of rotatable bonds is 8. The van der Waals surface area contributed by atoms with Crippen molar-refractivity contribution in [1.29, 1.82) is 0 Å². The third-order valence-electron chi connectivity index (χ3n) is 5.62. The van der Waals surface area contributed by atoms with Crippen molar-refractivity contribution < 1.29 is 9.53 Å². The summed E-state index contributed by atoms with van der Waals surface area (Å²) in [5.74, 6) is 1.75. The van der Waals surface area contributed by atoms with Crippen LogP contribution in [0.4, 0.5) is 0 Å². The van der Waals surface area contributed by atoms with Gasteiger partial charge in [-0.1, -0.05) is 30.0 Å². The quantitative estimate of drug-likeness (QED) is 0.345. The molecule has 2 aromatic carbocycles. The summed E-state index contributed by atoms with van der Waals surface area (Å²) < 4.78 is 7.28. The molecule has 0 saturated heterocycles. The van der Waals surface area contributed by atoms with Crippen molar-refractivity contribution in [3.8, 4) is 22.8 Å². The fourth-order valence-electron chi connectivity index (χ4n) is 3.52. The predicted molar refractivity (Wildman–Crippen MR) is 134 cm³/mol.